The smallest absolute Gasteiger partial charge is 0.322 e. The third-order valence-corrected chi connectivity index (χ3v) is 6.97. The zero-order valence-corrected chi connectivity index (χ0v) is 22.7. The first-order valence-electron chi connectivity index (χ1n) is 12.5. The SMILES string of the molecule is Cc1cc(Cl)ccc1C(C/C(=N\O)c1ccc(=O)n(C)c1)c1ccc(-c2ccc(C(=O)NCC(=O)O)cc2)cc1. The van der Waals surface area contributed by atoms with Crippen LogP contribution in [0.15, 0.2) is 95.0 Å². The van der Waals surface area contributed by atoms with Crippen LogP contribution in [0.4, 0.5) is 0 Å². The number of carboxylic acids is 1. The van der Waals surface area contributed by atoms with Crippen molar-refractivity contribution in [2.75, 3.05) is 6.54 Å². The Morgan fingerprint density at radius 1 is 0.950 bits per heavy atom. The molecule has 0 fully saturated rings. The standard InChI is InChI=1S/C31H28ClN3O5/c1-19-15-25(32)12-13-26(19)27(16-28(34-40)24-11-14-29(36)35(2)18-24)22-7-3-20(4-8-22)21-5-9-23(10-6-21)31(39)33-17-30(37)38/h3-15,18,27,40H,16-17H2,1-2H3,(H,33,39)(H,37,38)/b34-28+. The van der Waals surface area contributed by atoms with Crippen molar-refractivity contribution in [2.45, 2.75) is 19.3 Å². The van der Waals surface area contributed by atoms with Gasteiger partial charge >= 0.3 is 5.97 Å². The number of amides is 1. The molecule has 0 radical (unpaired) electrons. The van der Waals surface area contributed by atoms with Gasteiger partial charge in [-0.05, 0) is 65.1 Å². The fraction of sp³-hybridized carbons (Fsp3) is 0.161. The lowest BCUT2D eigenvalue weighted by Gasteiger charge is -2.21. The molecule has 1 unspecified atom stereocenters. The van der Waals surface area contributed by atoms with E-state index >= 15 is 0 Å². The number of oxime groups is 1. The van der Waals surface area contributed by atoms with Crippen molar-refractivity contribution >= 4 is 29.2 Å². The molecule has 204 valence electrons. The van der Waals surface area contributed by atoms with Crippen molar-refractivity contribution in [3.8, 4) is 11.1 Å². The van der Waals surface area contributed by atoms with Crippen LogP contribution >= 0.6 is 11.6 Å². The van der Waals surface area contributed by atoms with Crippen molar-refractivity contribution in [3.05, 3.63) is 128 Å². The Labute approximate surface area is 236 Å². The van der Waals surface area contributed by atoms with Crippen LogP contribution in [0.5, 0.6) is 0 Å². The molecule has 3 N–H and O–H groups in total. The second kappa shape index (κ2) is 12.4. The number of hydrogen-bond donors (Lipinski definition) is 3. The molecule has 8 nitrogen and oxygen atoms in total. The predicted molar refractivity (Wildman–Crippen MR) is 155 cm³/mol. The number of aromatic nitrogens is 1. The molecule has 0 spiro atoms. The number of nitrogens with zero attached hydrogens (tertiary/aromatic N) is 2. The molecule has 3 aromatic carbocycles. The summed E-state index contributed by atoms with van der Waals surface area (Å²) in [6.45, 7) is 1.54. The number of hydrogen-bond acceptors (Lipinski definition) is 5. The zero-order valence-electron chi connectivity index (χ0n) is 22.0. The van der Waals surface area contributed by atoms with Crippen molar-refractivity contribution in [1.82, 2.24) is 9.88 Å². The number of aryl methyl sites for hydroxylation is 2. The molecule has 1 heterocycles. The monoisotopic (exact) mass is 557 g/mol. The highest BCUT2D eigenvalue weighted by molar-refractivity contribution is 6.30. The second-order valence-electron chi connectivity index (χ2n) is 9.45. The van der Waals surface area contributed by atoms with Gasteiger partial charge in [0.25, 0.3) is 5.91 Å². The molecule has 0 saturated carbocycles. The molecular weight excluding hydrogens is 530 g/mol. The van der Waals surface area contributed by atoms with Crippen LogP contribution < -0.4 is 10.9 Å². The fourth-order valence-electron chi connectivity index (χ4n) is 4.59. The topological polar surface area (TPSA) is 121 Å². The van der Waals surface area contributed by atoms with E-state index in [4.69, 9.17) is 16.7 Å². The van der Waals surface area contributed by atoms with E-state index in [0.717, 1.165) is 27.8 Å². The number of carbonyl (C=O) groups excluding carboxylic acids is 1. The first-order chi connectivity index (χ1) is 19.2. The third-order valence-electron chi connectivity index (χ3n) is 6.74. The highest BCUT2D eigenvalue weighted by atomic mass is 35.5. The minimum atomic E-state index is -1.11. The van der Waals surface area contributed by atoms with Gasteiger partial charge in [-0.15, -0.1) is 0 Å². The number of carbonyl (C=O) groups is 2. The largest absolute Gasteiger partial charge is 0.480 e. The molecule has 0 aliphatic rings. The Bertz CT molecular complexity index is 1630. The maximum atomic E-state index is 12.1. The summed E-state index contributed by atoms with van der Waals surface area (Å²) in [5.41, 5.74) is 6.14. The van der Waals surface area contributed by atoms with E-state index in [9.17, 15) is 19.6 Å². The van der Waals surface area contributed by atoms with E-state index in [0.29, 0.717) is 28.3 Å². The summed E-state index contributed by atoms with van der Waals surface area (Å²) < 4.78 is 1.44. The first kappa shape index (κ1) is 28.3. The van der Waals surface area contributed by atoms with Crippen molar-refractivity contribution in [1.29, 1.82) is 0 Å². The van der Waals surface area contributed by atoms with E-state index in [-0.39, 0.29) is 11.5 Å². The quantitative estimate of drug-likeness (QED) is 0.148. The van der Waals surface area contributed by atoms with Gasteiger partial charge in [0.15, 0.2) is 0 Å². The summed E-state index contributed by atoms with van der Waals surface area (Å²) in [5.74, 6) is -1.73. The van der Waals surface area contributed by atoms with Crippen molar-refractivity contribution in [2.24, 2.45) is 12.2 Å². The van der Waals surface area contributed by atoms with Crippen LogP contribution in [-0.4, -0.2) is 39.0 Å². The van der Waals surface area contributed by atoms with Gasteiger partial charge < -0.3 is 20.2 Å². The minimum absolute atomic E-state index is 0.157. The number of benzene rings is 3. The van der Waals surface area contributed by atoms with Gasteiger partial charge in [-0.25, -0.2) is 0 Å². The van der Waals surface area contributed by atoms with E-state index < -0.39 is 18.4 Å². The highest BCUT2D eigenvalue weighted by Crippen LogP contribution is 2.34. The van der Waals surface area contributed by atoms with E-state index in [2.05, 4.69) is 10.5 Å². The first-order valence-corrected chi connectivity index (χ1v) is 12.9. The average molecular weight is 558 g/mol. The Kier molecular flexibility index (Phi) is 8.81. The van der Waals surface area contributed by atoms with Crippen LogP contribution in [0.1, 0.15) is 45.0 Å². The maximum Gasteiger partial charge on any atom is 0.322 e. The number of carboxylic acid groups (broad SMARTS) is 1. The lowest BCUT2D eigenvalue weighted by Crippen LogP contribution is -2.29. The molecule has 0 aliphatic heterocycles. The van der Waals surface area contributed by atoms with Gasteiger partial charge in [-0.2, -0.15) is 0 Å². The number of aliphatic carboxylic acids is 1. The summed E-state index contributed by atoms with van der Waals surface area (Å²) >= 11 is 6.23. The molecule has 1 aromatic heterocycles. The molecule has 9 heteroatoms. The molecule has 40 heavy (non-hydrogen) atoms. The molecule has 0 aliphatic carbocycles. The summed E-state index contributed by atoms with van der Waals surface area (Å²) in [4.78, 5) is 34.7. The van der Waals surface area contributed by atoms with Crippen LogP contribution in [0.3, 0.4) is 0 Å². The van der Waals surface area contributed by atoms with Gasteiger partial charge in [0.05, 0.1) is 5.71 Å². The van der Waals surface area contributed by atoms with Crippen LogP contribution in [0.25, 0.3) is 11.1 Å². The van der Waals surface area contributed by atoms with Gasteiger partial charge in [-0.3, -0.25) is 14.4 Å². The van der Waals surface area contributed by atoms with E-state index in [1.807, 2.05) is 61.5 Å². The lowest BCUT2D eigenvalue weighted by molar-refractivity contribution is -0.135. The van der Waals surface area contributed by atoms with Crippen LogP contribution in [0, 0.1) is 6.92 Å². The Balaban J connectivity index is 1.64. The Morgan fingerprint density at radius 2 is 1.57 bits per heavy atom. The summed E-state index contributed by atoms with van der Waals surface area (Å²) in [6.07, 6.45) is 2.02. The summed E-state index contributed by atoms with van der Waals surface area (Å²) in [7, 11) is 1.65. The second-order valence-corrected chi connectivity index (χ2v) is 9.88. The average Bonchev–Trinajstić information content (AvgIpc) is 2.95. The van der Waals surface area contributed by atoms with Crippen molar-refractivity contribution < 1.29 is 19.9 Å². The molecule has 1 atom stereocenters. The number of pyridine rings is 1. The van der Waals surface area contributed by atoms with Gasteiger partial charge in [0, 0.05) is 47.8 Å². The number of nitrogens with one attached hydrogen (secondary N) is 1. The third kappa shape index (κ3) is 6.65. The van der Waals surface area contributed by atoms with E-state index in [1.54, 1.807) is 31.4 Å². The number of rotatable bonds is 9. The summed E-state index contributed by atoms with van der Waals surface area (Å²) in [5, 5.41) is 25.3. The summed E-state index contributed by atoms with van der Waals surface area (Å²) in [6, 6.07) is 23.7. The normalized spacial score (nSPS) is 12.1. The van der Waals surface area contributed by atoms with Gasteiger partial charge in [-0.1, -0.05) is 59.2 Å². The van der Waals surface area contributed by atoms with Crippen LogP contribution in [0.2, 0.25) is 5.02 Å². The molecule has 4 rings (SSSR count). The fourth-order valence-corrected chi connectivity index (χ4v) is 4.82. The molecule has 0 saturated heterocycles. The zero-order chi connectivity index (χ0) is 28.8. The lowest BCUT2D eigenvalue weighted by atomic mass is 9.83. The predicted octanol–water partition coefficient (Wildman–Crippen LogP) is 5.23. The molecule has 1 amide bonds. The molecule has 4 aromatic rings. The maximum absolute atomic E-state index is 12.1. The highest BCUT2D eigenvalue weighted by Gasteiger charge is 2.21. The van der Waals surface area contributed by atoms with Crippen LogP contribution in [-0.2, 0) is 11.8 Å². The Hall–Kier alpha value is -4.69. The van der Waals surface area contributed by atoms with Crippen molar-refractivity contribution in [3.63, 3.8) is 0 Å². The van der Waals surface area contributed by atoms with Gasteiger partial charge in [0.1, 0.15) is 6.54 Å². The minimum Gasteiger partial charge on any atom is -0.480 e. The van der Waals surface area contributed by atoms with Gasteiger partial charge in [0.2, 0.25) is 5.56 Å². The Morgan fingerprint density at radius 3 is 2.15 bits per heavy atom. The number of halogens is 1. The van der Waals surface area contributed by atoms with E-state index in [1.165, 1.54) is 10.6 Å². The molecule has 0 bridgehead atoms. The molecular formula is C31H28ClN3O5.